The Hall–Kier alpha value is -3.89. The van der Waals surface area contributed by atoms with E-state index < -0.39 is 24.5 Å². The molecule has 0 aliphatic carbocycles. The Morgan fingerprint density at radius 3 is 2.46 bits per heavy atom. The van der Waals surface area contributed by atoms with Gasteiger partial charge in [-0.15, -0.1) is 11.6 Å². The maximum absolute atomic E-state index is 13.8. The van der Waals surface area contributed by atoms with Crippen molar-refractivity contribution in [1.82, 2.24) is 14.7 Å². The van der Waals surface area contributed by atoms with E-state index in [-0.39, 0.29) is 35.3 Å². The van der Waals surface area contributed by atoms with Gasteiger partial charge in [0.15, 0.2) is 6.23 Å². The van der Waals surface area contributed by atoms with Crippen molar-refractivity contribution < 1.29 is 38.5 Å². The molecule has 4 heterocycles. The summed E-state index contributed by atoms with van der Waals surface area (Å²) in [6.07, 6.45) is 3.25. The van der Waals surface area contributed by atoms with Crippen molar-refractivity contribution in [2.75, 3.05) is 81.5 Å². The predicted octanol–water partition coefficient (Wildman–Crippen LogP) is 7.48. The summed E-state index contributed by atoms with van der Waals surface area (Å²) in [4.78, 5) is 63.0. The third-order valence-electron chi connectivity index (χ3n) is 11.7. The first-order valence-corrected chi connectivity index (χ1v) is 23.7. The number of halogens is 1. The topological polar surface area (TPSA) is 132 Å². The zero-order chi connectivity index (χ0) is 41.8. The van der Waals surface area contributed by atoms with Crippen LogP contribution in [0.4, 0.5) is 21.0 Å². The number of likely N-dealkylation sites (N-methyl/N-ethyl adjacent to an activating group) is 1. The Balaban J connectivity index is 0.993. The van der Waals surface area contributed by atoms with Crippen LogP contribution in [-0.2, 0) is 9.53 Å². The standard InChI is InChI=1S/C43H54ClN5O8S2/c1-27-21-32-34(49(43(54)56-26-28(2)59-58-4)41(52)33-13-10-15-47(33)40(32)51)22-36(27)55-20-9-5-6-14-38(50)48-25-29(24-44)39-31-12-8-7-11-30(31)37(23-35(39)48)57-42(53)46-18-16-45(3)17-19-46/h7-8,11-12,21-23,28-29,33,41,52H,5-6,9-10,13-20,24-26H2,1-4H3/t28?,29-,33+,41?/m1/s1. The Bertz CT molecular complexity index is 2050. The maximum Gasteiger partial charge on any atom is 0.416 e. The van der Waals surface area contributed by atoms with Crippen LogP contribution in [0.2, 0.25) is 0 Å². The summed E-state index contributed by atoms with van der Waals surface area (Å²) in [7, 11) is 5.21. The van der Waals surface area contributed by atoms with E-state index in [0.29, 0.717) is 81.4 Å². The number of benzene rings is 3. The van der Waals surface area contributed by atoms with Gasteiger partial charge in [-0.1, -0.05) is 45.9 Å². The number of anilines is 2. The zero-order valence-corrected chi connectivity index (χ0v) is 36.6. The fourth-order valence-corrected chi connectivity index (χ4v) is 10.4. The number of aliphatic hydroxyl groups is 1. The summed E-state index contributed by atoms with van der Waals surface area (Å²) in [6.45, 7) is 8.02. The quantitative estimate of drug-likeness (QED) is 0.104. The lowest BCUT2D eigenvalue weighted by molar-refractivity contribution is -0.118. The molecular formula is C43H54ClN5O8S2. The van der Waals surface area contributed by atoms with Gasteiger partial charge in [0.05, 0.1) is 29.6 Å². The van der Waals surface area contributed by atoms with Crippen molar-refractivity contribution in [3.63, 3.8) is 0 Å². The van der Waals surface area contributed by atoms with Gasteiger partial charge in [-0.05, 0) is 81.8 Å². The number of unbranched alkanes of at least 4 members (excludes halogenated alkanes) is 2. The highest BCUT2D eigenvalue weighted by Crippen LogP contribution is 2.46. The molecule has 4 amide bonds. The van der Waals surface area contributed by atoms with E-state index in [0.717, 1.165) is 53.5 Å². The van der Waals surface area contributed by atoms with Crippen LogP contribution in [0.5, 0.6) is 11.5 Å². The van der Waals surface area contributed by atoms with Gasteiger partial charge in [-0.25, -0.2) is 14.5 Å². The summed E-state index contributed by atoms with van der Waals surface area (Å²) in [5.74, 6) is 0.974. The molecule has 2 fully saturated rings. The molecule has 4 aliphatic heterocycles. The minimum atomic E-state index is -1.27. The van der Waals surface area contributed by atoms with Gasteiger partial charge in [0.2, 0.25) is 5.91 Å². The lowest BCUT2D eigenvalue weighted by atomic mass is 9.95. The molecule has 16 heteroatoms. The normalized spacial score (nSPS) is 20.9. The number of aryl methyl sites for hydroxylation is 1. The zero-order valence-electron chi connectivity index (χ0n) is 34.2. The number of amides is 4. The highest BCUT2D eigenvalue weighted by atomic mass is 35.5. The summed E-state index contributed by atoms with van der Waals surface area (Å²) in [5.41, 5.74) is 3.06. The van der Waals surface area contributed by atoms with Crippen LogP contribution >= 0.6 is 33.2 Å². The van der Waals surface area contributed by atoms with Crippen LogP contribution < -0.4 is 19.3 Å². The van der Waals surface area contributed by atoms with E-state index >= 15 is 0 Å². The van der Waals surface area contributed by atoms with Crippen LogP contribution in [0.25, 0.3) is 10.8 Å². The van der Waals surface area contributed by atoms with Crippen LogP contribution in [-0.4, -0.2) is 133 Å². The second-order valence-corrected chi connectivity index (χ2v) is 19.0. The largest absolute Gasteiger partial charge is 0.493 e. The number of aliphatic hydroxyl groups excluding tert-OH is 1. The van der Waals surface area contributed by atoms with E-state index in [4.69, 9.17) is 25.8 Å². The van der Waals surface area contributed by atoms with E-state index in [9.17, 15) is 24.3 Å². The molecule has 0 spiro atoms. The van der Waals surface area contributed by atoms with Crippen LogP contribution in [0.1, 0.15) is 72.9 Å². The van der Waals surface area contributed by atoms with E-state index in [1.165, 1.54) is 4.90 Å². The van der Waals surface area contributed by atoms with Crippen LogP contribution in [0, 0.1) is 6.92 Å². The number of ether oxygens (including phenoxy) is 3. The van der Waals surface area contributed by atoms with Crippen molar-refractivity contribution >= 4 is 79.3 Å². The molecule has 2 saturated heterocycles. The number of carbonyl (C=O) groups excluding carboxylic acids is 4. The molecule has 13 nitrogen and oxygen atoms in total. The van der Waals surface area contributed by atoms with E-state index in [1.807, 2.05) is 57.5 Å². The van der Waals surface area contributed by atoms with Crippen molar-refractivity contribution in [2.24, 2.45) is 0 Å². The molecule has 0 bridgehead atoms. The molecule has 3 aromatic rings. The molecule has 1 N–H and O–H groups in total. The number of nitrogens with zero attached hydrogens (tertiary/aromatic N) is 5. The lowest BCUT2D eigenvalue weighted by Gasteiger charge is -2.32. The fourth-order valence-electron chi connectivity index (χ4n) is 8.56. The third-order valence-corrected chi connectivity index (χ3v) is 14.3. The van der Waals surface area contributed by atoms with E-state index in [2.05, 4.69) is 4.90 Å². The number of hydrogen-bond donors (Lipinski definition) is 1. The van der Waals surface area contributed by atoms with Crippen LogP contribution in [0.15, 0.2) is 42.5 Å². The van der Waals surface area contributed by atoms with Gasteiger partial charge in [0.1, 0.15) is 18.1 Å². The van der Waals surface area contributed by atoms with Gasteiger partial charge < -0.3 is 38.9 Å². The second kappa shape index (κ2) is 19.2. The van der Waals surface area contributed by atoms with Gasteiger partial charge in [-0.2, -0.15) is 0 Å². The second-order valence-electron chi connectivity index (χ2n) is 15.8. The number of alkyl halides is 1. The molecule has 3 aromatic carbocycles. The Morgan fingerprint density at radius 2 is 1.71 bits per heavy atom. The van der Waals surface area contributed by atoms with E-state index in [1.54, 1.807) is 48.4 Å². The number of carbonyl (C=O) groups is 4. The SMILES string of the molecule is CSSC(C)COC(=O)N1c2cc(OCCCCCC(=O)N3C[C@@H](CCl)c4c3cc(OC(=O)N3CCN(C)CC3)c3ccccc43)c(C)cc2C(=O)N2CCC[C@H]2C1O. The maximum atomic E-state index is 13.8. The van der Waals surface area contributed by atoms with Crippen molar-refractivity contribution in [2.45, 2.75) is 75.8 Å². The van der Waals surface area contributed by atoms with Crippen molar-refractivity contribution in [1.29, 1.82) is 0 Å². The first kappa shape index (κ1) is 43.2. The molecule has 0 radical (unpaired) electrons. The van der Waals surface area contributed by atoms with Gasteiger partial charge in [0, 0.05) is 80.3 Å². The summed E-state index contributed by atoms with van der Waals surface area (Å²) in [6, 6.07) is 12.5. The minimum Gasteiger partial charge on any atom is -0.493 e. The molecule has 0 saturated carbocycles. The number of rotatable bonds is 13. The summed E-state index contributed by atoms with van der Waals surface area (Å²) < 4.78 is 17.9. The molecule has 4 atom stereocenters. The molecule has 0 aromatic heterocycles. The summed E-state index contributed by atoms with van der Waals surface area (Å²) in [5, 5.41) is 13.3. The lowest BCUT2D eigenvalue weighted by Crippen LogP contribution is -2.51. The first-order valence-electron chi connectivity index (χ1n) is 20.5. The average Bonchev–Trinajstić information content (AvgIpc) is 3.86. The highest BCUT2D eigenvalue weighted by molar-refractivity contribution is 8.76. The van der Waals surface area contributed by atoms with Crippen LogP contribution in [0.3, 0.4) is 0 Å². The average molecular weight is 869 g/mol. The molecule has 318 valence electrons. The Kier molecular flexibility index (Phi) is 14.1. The minimum absolute atomic E-state index is 0.0230. The number of fused-ring (bicyclic) bond motifs is 5. The molecule has 7 rings (SSSR count). The number of piperazine rings is 1. The molecular weight excluding hydrogens is 814 g/mol. The monoisotopic (exact) mass is 867 g/mol. The summed E-state index contributed by atoms with van der Waals surface area (Å²) >= 11 is 6.50. The van der Waals surface area contributed by atoms with Gasteiger partial charge in [0.25, 0.3) is 5.91 Å². The first-order chi connectivity index (χ1) is 28.5. The van der Waals surface area contributed by atoms with Crippen molar-refractivity contribution in [3.8, 4) is 11.5 Å². The Morgan fingerprint density at radius 1 is 0.966 bits per heavy atom. The number of hydrogen-bond acceptors (Lipinski definition) is 11. The molecule has 2 unspecified atom stereocenters. The Labute approximate surface area is 359 Å². The van der Waals surface area contributed by atoms with Gasteiger partial charge >= 0.3 is 12.2 Å². The predicted molar refractivity (Wildman–Crippen MR) is 234 cm³/mol. The highest BCUT2D eigenvalue weighted by Gasteiger charge is 2.45. The smallest absolute Gasteiger partial charge is 0.416 e. The fraction of sp³-hybridized carbons (Fsp3) is 0.535. The third kappa shape index (κ3) is 9.24. The molecule has 59 heavy (non-hydrogen) atoms. The van der Waals surface area contributed by atoms with Gasteiger partial charge in [-0.3, -0.25) is 9.59 Å². The van der Waals surface area contributed by atoms with Crippen molar-refractivity contribution in [3.05, 3.63) is 59.2 Å². The molecule has 4 aliphatic rings.